The molecule has 3 heterocycles. The molecule has 0 radical (unpaired) electrons. The van der Waals surface area contributed by atoms with E-state index in [1.54, 1.807) is 12.5 Å². The number of piperidine rings is 1. The Labute approximate surface area is 119 Å². The monoisotopic (exact) mass is 278 g/mol. The van der Waals surface area contributed by atoms with Crippen LogP contribution in [0.5, 0.6) is 0 Å². The summed E-state index contributed by atoms with van der Waals surface area (Å²) in [5.74, 6) is 0. The number of nitrogens with zero attached hydrogens (tertiary/aromatic N) is 2. The third-order valence-electron chi connectivity index (χ3n) is 4.41. The largest absolute Gasteiger partial charge is 0.472 e. The van der Waals surface area contributed by atoms with E-state index in [9.17, 15) is 4.79 Å². The molecule has 110 valence electrons. The highest BCUT2D eigenvalue weighted by Crippen LogP contribution is 2.25. The molecule has 1 atom stereocenters. The molecule has 1 unspecified atom stereocenters. The summed E-state index contributed by atoms with van der Waals surface area (Å²) in [6.45, 7) is 5.66. The van der Waals surface area contributed by atoms with Crippen LogP contribution < -0.4 is 0 Å². The number of amides is 1. The highest BCUT2D eigenvalue weighted by molar-refractivity contribution is 5.70. The van der Waals surface area contributed by atoms with Gasteiger partial charge in [-0.25, -0.2) is 4.79 Å². The van der Waals surface area contributed by atoms with Crippen molar-refractivity contribution in [3.8, 4) is 0 Å². The lowest BCUT2D eigenvalue weighted by molar-refractivity contribution is 0.103. The first kappa shape index (κ1) is 13.5. The van der Waals surface area contributed by atoms with Crippen LogP contribution in [0.15, 0.2) is 23.0 Å². The van der Waals surface area contributed by atoms with Crippen molar-refractivity contribution in [3.63, 3.8) is 0 Å². The molecule has 0 aliphatic carbocycles. The third kappa shape index (κ3) is 2.68. The summed E-state index contributed by atoms with van der Waals surface area (Å²) in [6, 6.07) is 2.63. The summed E-state index contributed by atoms with van der Waals surface area (Å²) in [5.41, 5.74) is 1.22. The van der Waals surface area contributed by atoms with Crippen molar-refractivity contribution in [2.45, 2.75) is 44.8 Å². The lowest BCUT2D eigenvalue weighted by Crippen LogP contribution is -2.48. The molecule has 2 aliphatic heterocycles. The van der Waals surface area contributed by atoms with Crippen LogP contribution >= 0.6 is 0 Å². The van der Waals surface area contributed by atoms with E-state index in [4.69, 9.17) is 9.15 Å². The molecule has 2 saturated heterocycles. The topological polar surface area (TPSA) is 45.9 Å². The molecule has 20 heavy (non-hydrogen) atoms. The maximum absolute atomic E-state index is 11.9. The molecule has 0 spiro atoms. The van der Waals surface area contributed by atoms with E-state index >= 15 is 0 Å². The zero-order valence-electron chi connectivity index (χ0n) is 12.0. The lowest BCUT2D eigenvalue weighted by Gasteiger charge is -2.37. The van der Waals surface area contributed by atoms with Crippen molar-refractivity contribution in [1.82, 2.24) is 9.80 Å². The highest BCUT2D eigenvalue weighted by atomic mass is 16.6. The van der Waals surface area contributed by atoms with Crippen LogP contribution in [0.4, 0.5) is 4.79 Å². The van der Waals surface area contributed by atoms with Crippen molar-refractivity contribution in [2.24, 2.45) is 0 Å². The molecule has 0 bridgehead atoms. The number of furan rings is 1. The molecule has 2 fully saturated rings. The predicted molar refractivity (Wildman–Crippen MR) is 74.3 cm³/mol. The standard InChI is InChI=1S/C15H22N2O3/c1-2-13-11-20-15(18)17(13)14-3-6-16(7-4-14)9-12-5-8-19-10-12/h5,8,10,13-14H,2-4,6-7,9,11H2,1H3. The molecule has 0 saturated carbocycles. The van der Waals surface area contributed by atoms with Crippen molar-refractivity contribution in [2.75, 3.05) is 19.7 Å². The van der Waals surface area contributed by atoms with Gasteiger partial charge < -0.3 is 9.15 Å². The van der Waals surface area contributed by atoms with Crippen LogP contribution in [0.3, 0.4) is 0 Å². The minimum Gasteiger partial charge on any atom is -0.472 e. The van der Waals surface area contributed by atoms with Gasteiger partial charge in [-0.15, -0.1) is 0 Å². The number of cyclic esters (lactones) is 1. The molecule has 0 aromatic carbocycles. The van der Waals surface area contributed by atoms with Crippen molar-refractivity contribution in [3.05, 3.63) is 24.2 Å². The van der Waals surface area contributed by atoms with Gasteiger partial charge in [0.2, 0.25) is 0 Å². The first-order valence-electron chi connectivity index (χ1n) is 7.46. The van der Waals surface area contributed by atoms with Crippen molar-refractivity contribution >= 4 is 6.09 Å². The number of carbonyl (C=O) groups is 1. The van der Waals surface area contributed by atoms with E-state index in [0.29, 0.717) is 12.6 Å². The summed E-state index contributed by atoms with van der Waals surface area (Å²) < 4.78 is 10.3. The van der Waals surface area contributed by atoms with Crippen LogP contribution in [0.2, 0.25) is 0 Å². The van der Waals surface area contributed by atoms with Gasteiger partial charge in [0.05, 0.1) is 18.6 Å². The third-order valence-corrected chi connectivity index (χ3v) is 4.41. The quantitative estimate of drug-likeness (QED) is 0.849. The van der Waals surface area contributed by atoms with E-state index < -0.39 is 0 Å². The van der Waals surface area contributed by atoms with Crippen molar-refractivity contribution < 1.29 is 13.9 Å². The zero-order chi connectivity index (χ0) is 13.9. The molecular formula is C15H22N2O3. The summed E-state index contributed by atoms with van der Waals surface area (Å²) in [4.78, 5) is 16.3. The Bertz CT molecular complexity index is 438. The van der Waals surface area contributed by atoms with Gasteiger partial charge in [0.15, 0.2) is 0 Å². The van der Waals surface area contributed by atoms with E-state index in [0.717, 1.165) is 38.9 Å². The summed E-state index contributed by atoms with van der Waals surface area (Å²) in [5, 5.41) is 0. The van der Waals surface area contributed by atoms with Crippen LogP contribution in [-0.4, -0.2) is 47.7 Å². The van der Waals surface area contributed by atoms with Gasteiger partial charge in [-0.3, -0.25) is 9.80 Å². The van der Waals surface area contributed by atoms with Gasteiger partial charge in [0.1, 0.15) is 6.61 Å². The molecule has 1 aromatic heterocycles. The van der Waals surface area contributed by atoms with Gasteiger partial charge in [-0.05, 0) is 25.3 Å². The fourth-order valence-corrected chi connectivity index (χ4v) is 3.23. The minimum atomic E-state index is -0.120. The summed E-state index contributed by atoms with van der Waals surface area (Å²) in [7, 11) is 0. The Hall–Kier alpha value is -1.49. The maximum Gasteiger partial charge on any atom is 0.410 e. The number of carbonyl (C=O) groups excluding carboxylic acids is 1. The predicted octanol–water partition coefficient (Wildman–Crippen LogP) is 2.47. The second-order valence-corrected chi connectivity index (χ2v) is 5.69. The smallest absolute Gasteiger partial charge is 0.410 e. The fraction of sp³-hybridized carbons (Fsp3) is 0.667. The molecule has 5 heteroatoms. The maximum atomic E-state index is 11.9. The van der Waals surface area contributed by atoms with Gasteiger partial charge in [-0.2, -0.15) is 0 Å². The SMILES string of the molecule is CCC1COC(=O)N1C1CCN(Cc2ccoc2)CC1. The number of likely N-dealkylation sites (tertiary alicyclic amines) is 1. The minimum absolute atomic E-state index is 0.120. The number of hydrogen-bond donors (Lipinski definition) is 0. The van der Waals surface area contributed by atoms with Crippen LogP contribution in [-0.2, 0) is 11.3 Å². The Morgan fingerprint density at radius 3 is 2.80 bits per heavy atom. The van der Waals surface area contributed by atoms with Gasteiger partial charge >= 0.3 is 6.09 Å². The van der Waals surface area contributed by atoms with Gasteiger partial charge in [0.25, 0.3) is 0 Å². The molecule has 1 amide bonds. The molecule has 5 nitrogen and oxygen atoms in total. The Morgan fingerprint density at radius 2 is 2.15 bits per heavy atom. The van der Waals surface area contributed by atoms with Gasteiger partial charge in [0, 0.05) is 31.2 Å². The first-order chi connectivity index (χ1) is 9.78. The van der Waals surface area contributed by atoms with Crippen LogP contribution in [0.1, 0.15) is 31.7 Å². The second-order valence-electron chi connectivity index (χ2n) is 5.69. The molecular weight excluding hydrogens is 256 g/mol. The molecule has 1 aromatic rings. The molecule has 2 aliphatic rings. The number of hydrogen-bond acceptors (Lipinski definition) is 4. The number of rotatable bonds is 4. The fourth-order valence-electron chi connectivity index (χ4n) is 3.23. The highest BCUT2D eigenvalue weighted by Gasteiger charge is 2.38. The van der Waals surface area contributed by atoms with Crippen LogP contribution in [0, 0.1) is 0 Å². The van der Waals surface area contributed by atoms with Gasteiger partial charge in [-0.1, -0.05) is 6.92 Å². The van der Waals surface area contributed by atoms with E-state index in [1.807, 2.05) is 11.0 Å². The lowest BCUT2D eigenvalue weighted by atomic mass is 10.0. The van der Waals surface area contributed by atoms with E-state index in [-0.39, 0.29) is 12.1 Å². The Balaban J connectivity index is 1.54. The zero-order valence-corrected chi connectivity index (χ0v) is 12.0. The Morgan fingerprint density at radius 1 is 1.35 bits per heavy atom. The molecule has 3 rings (SSSR count). The summed E-state index contributed by atoms with van der Waals surface area (Å²) >= 11 is 0. The van der Waals surface area contributed by atoms with E-state index in [1.165, 1.54) is 5.56 Å². The van der Waals surface area contributed by atoms with Crippen molar-refractivity contribution in [1.29, 1.82) is 0 Å². The first-order valence-corrected chi connectivity index (χ1v) is 7.46. The normalized spacial score (nSPS) is 25.1. The summed E-state index contributed by atoms with van der Waals surface area (Å²) in [6.07, 6.45) is 6.43. The van der Waals surface area contributed by atoms with E-state index in [2.05, 4.69) is 11.8 Å². The Kier molecular flexibility index (Phi) is 3.96. The average molecular weight is 278 g/mol. The average Bonchev–Trinajstić information content (AvgIpc) is 3.09. The molecule has 0 N–H and O–H groups in total. The number of ether oxygens (including phenoxy) is 1. The van der Waals surface area contributed by atoms with Crippen LogP contribution in [0.25, 0.3) is 0 Å². The second kappa shape index (κ2) is 5.87.